The first-order chi connectivity index (χ1) is 17.9. The Morgan fingerprint density at radius 2 is 1.11 bits per heavy atom. The number of nitrogens with one attached hydrogen (secondary N) is 1. The molecule has 2 aromatic carbocycles. The molecule has 1 saturated heterocycles. The molecule has 3 heteroatoms. The second-order valence-electron chi connectivity index (χ2n) is 11.8. The maximum atomic E-state index is 13.6. The van der Waals surface area contributed by atoms with E-state index in [1.807, 2.05) is 13.8 Å². The number of amides is 1. The molecule has 1 saturated carbocycles. The molecule has 2 fully saturated rings. The van der Waals surface area contributed by atoms with Crippen molar-refractivity contribution in [3.05, 3.63) is 84.0 Å². The van der Waals surface area contributed by atoms with Crippen LogP contribution in [0.15, 0.2) is 72.8 Å². The summed E-state index contributed by atoms with van der Waals surface area (Å²) in [4.78, 5) is 13.6. The van der Waals surface area contributed by atoms with Gasteiger partial charge in [0.25, 0.3) is 0 Å². The summed E-state index contributed by atoms with van der Waals surface area (Å²) in [6.45, 7) is 11.2. The number of carbonyl (C=O) groups excluding carboxylic acids is 1. The van der Waals surface area contributed by atoms with Crippen molar-refractivity contribution in [2.24, 2.45) is 5.92 Å². The molecule has 0 unspecified atom stereocenters. The minimum atomic E-state index is -2.45. The van der Waals surface area contributed by atoms with Crippen molar-refractivity contribution in [2.75, 3.05) is 0 Å². The van der Waals surface area contributed by atoms with Crippen molar-refractivity contribution in [2.45, 2.75) is 98.2 Å². The first-order valence-electron chi connectivity index (χ1n) is 14.7. The van der Waals surface area contributed by atoms with Gasteiger partial charge in [0.2, 0.25) is 0 Å². The number of allylic oxidation sites excluding steroid dienone is 2. The summed E-state index contributed by atoms with van der Waals surface area (Å²) in [6.07, 6.45) is 14.2. The molecule has 0 spiro atoms. The van der Waals surface area contributed by atoms with Crippen molar-refractivity contribution in [1.29, 1.82) is 0 Å². The van der Waals surface area contributed by atoms with Crippen LogP contribution < -0.4 is 3.80 Å². The van der Waals surface area contributed by atoms with Crippen LogP contribution in [0.1, 0.15) is 99.8 Å². The molecular formula is C34H47NOTi. The van der Waals surface area contributed by atoms with Crippen LogP contribution in [0.5, 0.6) is 0 Å². The molecule has 0 aromatic heterocycles. The molecule has 1 amide bonds. The van der Waals surface area contributed by atoms with Gasteiger partial charge in [0.1, 0.15) is 0 Å². The van der Waals surface area contributed by atoms with Crippen LogP contribution in [0.2, 0.25) is 9.45 Å². The van der Waals surface area contributed by atoms with Gasteiger partial charge in [-0.25, -0.2) is 0 Å². The van der Waals surface area contributed by atoms with E-state index in [1.54, 1.807) is 0 Å². The summed E-state index contributed by atoms with van der Waals surface area (Å²) in [6, 6.07) is 17.9. The zero-order chi connectivity index (χ0) is 26.3. The van der Waals surface area contributed by atoms with Gasteiger partial charge in [-0.2, -0.15) is 0 Å². The molecule has 5 rings (SSSR count). The molecule has 2 nitrogen and oxygen atoms in total. The van der Waals surface area contributed by atoms with E-state index in [4.69, 9.17) is 0 Å². The van der Waals surface area contributed by atoms with Gasteiger partial charge in [-0.3, -0.25) is 0 Å². The van der Waals surface area contributed by atoms with E-state index in [2.05, 4.69) is 65.5 Å². The quantitative estimate of drug-likeness (QED) is 0.308. The van der Waals surface area contributed by atoms with Crippen LogP contribution >= 0.6 is 0 Å². The monoisotopic (exact) mass is 533 g/mol. The molecule has 0 radical (unpaired) electrons. The van der Waals surface area contributed by atoms with E-state index in [1.165, 1.54) is 89.5 Å². The van der Waals surface area contributed by atoms with E-state index >= 15 is 0 Å². The zero-order valence-electron chi connectivity index (χ0n) is 23.3. The molecule has 1 N–H and O–H groups in total. The molecule has 1 heterocycles. The second-order valence-corrected chi connectivity index (χ2v) is 18.2. The minimum absolute atomic E-state index is 0.245. The molecule has 37 heavy (non-hydrogen) atoms. The standard InChI is InChI=1S/C13H25NO.C13H9.C6H10.C2H4.Ti/c14-13(15)12-10-8-6-4-2-1-3-5-7-9-11-12;1-3-7-12-10(5-1)9-11-6-2-4-8-13(11)12;1-5(2)6(3)4;1-2;/h12H,1-11H2,(H2,14,15);1-9H;1,3H2,2,4H3;1-2H2;/q;;;;+1/p-1. The number of hydrogen-bond acceptors (Lipinski definition) is 1. The molecule has 2 aromatic rings. The van der Waals surface area contributed by atoms with Gasteiger partial charge in [0.15, 0.2) is 0 Å². The van der Waals surface area contributed by atoms with Crippen LogP contribution in [0.4, 0.5) is 0 Å². The Morgan fingerprint density at radius 3 is 1.51 bits per heavy atom. The van der Waals surface area contributed by atoms with Crippen LogP contribution in [0.3, 0.4) is 0 Å². The Kier molecular flexibility index (Phi) is 10.1. The van der Waals surface area contributed by atoms with Crippen molar-refractivity contribution in [1.82, 2.24) is 3.80 Å². The average molecular weight is 534 g/mol. The first kappa shape index (κ1) is 28.1. The molecule has 3 aliphatic rings. The van der Waals surface area contributed by atoms with Crippen molar-refractivity contribution in [3.8, 4) is 11.1 Å². The Balaban J connectivity index is 0.000000480. The molecule has 0 atom stereocenters. The normalized spacial score (nSPS) is 19.6. The van der Waals surface area contributed by atoms with Gasteiger partial charge < -0.3 is 0 Å². The third-order valence-electron chi connectivity index (χ3n) is 8.75. The topological polar surface area (TPSA) is 29.1 Å². The van der Waals surface area contributed by atoms with Gasteiger partial charge in [0, 0.05) is 0 Å². The van der Waals surface area contributed by atoms with E-state index < -0.39 is 16.8 Å². The summed E-state index contributed by atoms with van der Waals surface area (Å²) in [5, 5.41) is 0. The fourth-order valence-corrected chi connectivity index (χ4v) is 13.5. The molecule has 0 bridgehead atoms. The van der Waals surface area contributed by atoms with Gasteiger partial charge in [0.05, 0.1) is 0 Å². The average Bonchev–Trinajstić information content (AvgIpc) is 3.56. The van der Waals surface area contributed by atoms with Gasteiger partial charge >= 0.3 is 192 Å². The Morgan fingerprint density at radius 1 is 0.703 bits per heavy atom. The van der Waals surface area contributed by atoms with Crippen LogP contribution in [-0.2, 0) is 21.6 Å². The van der Waals surface area contributed by atoms with E-state index in [-0.39, 0.29) is 5.92 Å². The van der Waals surface area contributed by atoms with Crippen LogP contribution in [0, 0.1) is 5.92 Å². The predicted molar refractivity (Wildman–Crippen MR) is 155 cm³/mol. The van der Waals surface area contributed by atoms with E-state index in [9.17, 15) is 4.79 Å². The van der Waals surface area contributed by atoms with Crippen molar-refractivity contribution < 1.29 is 21.6 Å². The summed E-state index contributed by atoms with van der Waals surface area (Å²) in [5.74, 6) is 0.658. The Labute approximate surface area is 229 Å². The molecule has 1 aliphatic heterocycles. The third-order valence-corrected chi connectivity index (χ3v) is 15.1. The summed E-state index contributed by atoms with van der Waals surface area (Å²) < 4.78 is 6.88. The van der Waals surface area contributed by atoms with Gasteiger partial charge in [-0.05, 0) is 13.8 Å². The zero-order valence-corrected chi connectivity index (χ0v) is 24.8. The molecule has 198 valence electrons. The third kappa shape index (κ3) is 7.15. The number of carbonyl (C=O) groups is 1. The number of rotatable bonds is 4. The van der Waals surface area contributed by atoms with Gasteiger partial charge in [-0.15, -0.1) is 0 Å². The van der Waals surface area contributed by atoms with Crippen LogP contribution in [-0.4, -0.2) is 5.91 Å². The predicted octanol–water partition coefficient (Wildman–Crippen LogP) is 9.85. The first-order valence-corrected chi connectivity index (χ1v) is 18.6. The fourth-order valence-electron chi connectivity index (χ4n) is 6.14. The summed E-state index contributed by atoms with van der Waals surface area (Å²) in [7, 11) is 0. The molecule has 2 aliphatic carbocycles. The maximum absolute atomic E-state index is 13.6. The number of fused-ring (bicyclic) bond motifs is 3. The van der Waals surface area contributed by atoms with Crippen molar-refractivity contribution in [3.63, 3.8) is 0 Å². The van der Waals surface area contributed by atoms with Gasteiger partial charge in [-0.1, -0.05) is 24.3 Å². The Bertz CT molecular complexity index is 1030. The van der Waals surface area contributed by atoms with Crippen LogP contribution in [0.25, 0.3) is 11.1 Å². The van der Waals surface area contributed by atoms with E-state index in [0.717, 1.165) is 24.0 Å². The fraction of sp³-hybridized carbons (Fsp3) is 0.500. The van der Waals surface area contributed by atoms with Crippen molar-refractivity contribution >= 4 is 5.91 Å². The number of benzene rings is 2. The summed E-state index contributed by atoms with van der Waals surface area (Å²) in [5.41, 5.74) is 7.91. The Hall–Kier alpha value is -1.90. The molecular weight excluding hydrogens is 486 g/mol. The second kappa shape index (κ2) is 13.3. The number of hydrogen-bond donors (Lipinski definition) is 1. The van der Waals surface area contributed by atoms with E-state index in [0.29, 0.717) is 10.1 Å². The SMILES string of the molecule is C=C(C)C(=C)C.O=C([NH][Ti]1([CH]2c3ccccc3-c3ccccc32)[CH2][CH2]1)C1CCCCCCCCCCC1. The summed E-state index contributed by atoms with van der Waals surface area (Å²) >= 11 is -2.45.